The van der Waals surface area contributed by atoms with E-state index in [0.717, 1.165) is 0 Å². The molecule has 0 aliphatic heterocycles. The van der Waals surface area contributed by atoms with Crippen LogP contribution in [0.25, 0.3) is 5.69 Å². The molecule has 0 saturated heterocycles. The predicted molar refractivity (Wildman–Crippen MR) is 61.6 cm³/mol. The highest BCUT2D eigenvalue weighted by Gasteiger charge is 2.12. The second-order valence-electron chi connectivity index (χ2n) is 3.38. The van der Waals surface area contributed by atoms with Gasteiger partial charge in [0, 0.05) is 18.0 Å². The molecule has 1 aromatic carbocycles. The van der Waals surface area contributed by atoms with Gasteiger partial charge in [-0.3, -0.25) is 10.1 Å². The van der Waals surface area contributed by atoms with Gasteiger partial charge in [0.2, 0.25) is 0 Å². The van der Waals surface area contributed by atoms with Gasteiger partial charge < -0.3 is 10.3 Å². The number of aromatic nitrogens is 1. The number of anilines is 1. The third-order valence-electron chi connectivity index (χ3n) is 2.35. The smallest absolute Gasteiger partial charge is 0.292 e. The van der Waals surface area contributed by atoms with E-state index in [4.69, 9.17) is 11.0 Å². The summed E-state index contributed by atoms with van der Waals surface area (Å²) in [7, 11) is 0. The topological polar surface area (TPSA) is 97.9 Å². The summed E-state index contributed by atoms with van der Waals surface area (Å²) in [4.78, 5) is 10.1. The van der Waals surface area contributed by atoms with Gasteiger partial charge in [0.25, 0.3) is 5.69 Å². The number of hydrogen-bond donors (Lipinski definition) is 1. The molecule has 6 heteroatoms. The molecule has 1 aromatic heterocycles. The molecule has 0 unspecified atom stereocenters. The molecule has 0 bridgehead atoms. The normalized spacial score (nSPS) is 9.82. The van der Waals surface area contributed by atoms with Gasteiger partial charge in [-0.1, -0.05) is 0 Å². The molecular formula is C11H8N4O2. The minimum atomic E-state index is -0.542. The highest BCUT2D eigenvalue weighted by Crippen LogP contribution is 2.24. The van der Waals surface area contributed by atoms with Crippen LogP contribution in [0.5, 0.6) is 0 Å². The van der Waals surface area contributed by atoms with Crippen molar-refractivity contribution in [2.24, 2.45) is 0 Å². The number of nitro benzene ring substituents is 1. The Labute approximate surface area is 96.7 Å². The van der Waals surface area contributed by atoms with Crippen molar-refractivity contribution in [3.8, 4) is 11.8 Å². The fourth-order valence-corrected chi connectivity index (χ4v) is 1.56. The van der Waals surface area contributed by atoms with Crippen LogP contribution in [-0.4, -0.2) is 9.49 Å². The van der Waals surface area contributed by atoms with Crippen molar-refractivity contribution in [1.29, 1.82) is 5.26 Å². The van der Waals surface area contributed by atoms with Crippen LogP contribution in [0, 0.1) is 21.4 Å². The molecule has 17 heavy (non-hydrogen) atoms. The van der Waals surface area contributed by atoms with Crippen molar-refractivity contribution in [1.82, 2.24) is 4.57 Å². The molecule has 0 fully saturated rings. The minimum Gasteiger partial charge on any atom is -0.393 e. The van der Waals surface area contributed by atoms with Crippen LogP contribution >= 0.6 is 0 Å². The van der Waals surface area contributed by atoms with Crippen molar-refractivity contribution in [3.63, 3.8) is 0 Å². The molecule has 1 heterocycles. The third-order valence-corrected chi connectivity index (χ3v) is 2.35. The lowest BCUT2D eigenvalue weighted by atomic mass is 10.2. The lowest BCUT2D eigenvalue weighted by molar-refractivity contribution is -0.383. The Kier molecular flexibility index (Phi) is 2.51. The molecule has 2 aromatic rings. The van der Waals surface area contributed by atoms with Crippen LogP contribution in [0.3, 0.4) is 0 Å². The maximum Gasteiger partial charge on any atom is 0.292 e. The Balaban J connectivity index is 2.53. The highest BCUT2D eigenvalue weighted by atomic mass is 16.6. The number of nitro groups is 1. The Morgan fingerprint density at radius 3 is 2.76 bits per heavy atom. The summed E-state index contributed by atoms with van der Waals surface area (Å²) in [5, 5.41) is 19.5. The first-order valence-corrected chi connectivity index (χ1v) is 4.75. The molecule has 0 saturated carbocycles. The van der Waals surface area contributed by atoms with Crippen molar-refractivity contribution in [2.45, 2.75) is 0 Å². The van der Waals surface area contributed by atoms with Crippen molar-refractivity contribution < 1.29 is 4.92 Å². The molecule has 0 amide bonds. The fourth-order valence-electron chi connectivity index (χ4n) is 1.56. The lowest BCUT2D eigenvalue weighted by Crippen LogP contribution is -2.00. The molecule has 0 spiro atoms. The molecule has 2 rings (SSSR count). The number of nitrogen functional groups attached to an aromatic ring is 1. The van der Waals surface area contributed by atoms with Gasteiger partial charge in [0.05, 0.1) is 4.92 Å². The summed E-state index contributed by atoms with van der Waals surface area (Å²) >= 11 is 0. The maximum atomic E-state index is 10.6. The SMILES string of the molecule is N#Cc1cccn1-c1ccc([N+](=O)[O-])c(N)c1. The maximum absolute atomic E-state index is 10.6. The molecular weight excluding hydrogens is 220 g/mol. The molecule has 0 aliphatic rings. The minimum absolute atomic E-state index is 0.0742. The van der Waals surface area contributed by atoms with Crippen molar-refractivity contribution in [3.05, 3.63) is 52.3 Å². The summed E-state index contributed by atoms with van der Waals surface area (Å²) in [5.74, 6) is 0. The standard InChI is InChI=1S/C11H8N4O2/c12-7-9-2-1-5-14(9)8-3-4-11(15(16)17)10(13)6-8/h1-6H,13H2. The third kappa shape index (κ3) is 1.81. The van der Waals surface area contributed by atoms with Gasteiger partial charge in [-0.25, -0.2) is 0 Å². The average molecular weight is 228 g/mol. The lowest BCUT2D eigenvalue weighted by Gasteiger charge is -2.05. The summed E-state index contributed by atoms with van der Waals surface area (Å²) in [6.07, 6.45) is 1.69. The largest absolute Gasteiger partial charge is 0.393 e. The molecule has 0 aliphatic carbocycles. The zero-order valence-electron chi connectivity index (χ0n) is 8.70. The first-order valence-electron chi connectivity index (χ1n) is 4.75. The Morgan fingerprint density at radius 2 is 2.18 bits per heavy atom. The summed E-state index contributed by atoms with van der Waals surface area (Å²) in [6, 6.07) is 9.74. The molecule has 2 N–H and O–H groups in total. The highest BCUT2D eigenvalue weighted by molar-refractivity contribution is 5.63. The Hall–Kier alpha value is -2.81. The van der Waals surface area contributed by atoms with Gasteiger partial charge in [0.15, 0.2) is 0 Å². The van der Waals surface area contributed by atoms with Gasteiger partial charge in [-0.05, 0) is 24.3 Å². The molecule has 6 nitrogen and oxygen atoms in total. The van der Waals surface area contributed by atoms with Crippen LogP contribution in [0.4, 0.5) is 11.4 Å². The Morgan fingerprint density at radius 1 is 1.41 bits per heavy atom. The quantitative estimate of drug-likeness (QED) is 0.481. The van der Waals surface area contributed by atoms with E-state index in [1.165, 1.54) is 12.1 Å². The van der Waals surface area contributed by atoms with Crippen LogP contribution in [0.2, 0.25) is 0 Å². The Bertz CT molecular complexity index is 625. The summed E-state index contributed by atoms with van der Waals surface area (Å²) in [5.41, 5.74) is 6.58. The van der Waals surface area contributed by atoms with Crippen LogP contribution < -0.4 is 5.73 Å². The number of benzene rings is 1. The van der Waals surface area contributed by atoms with Crippen LogP contribution in [0.15, 0.2) is 36.5 Å². The molecule has 0 atom stereocenters. The second-order valence-corrected chi connectivity index (χ2v) is 3.38. The van der Waals surface area contributed by atoms with E-state index >= 15 is 0 Å². The first kappa shape index (κ1) is 10.7. The van der Waals surface area contributed by atoms with E-state index in [1.54, 1.807) is 29.0 Å². The van der Waals surface area contributed by atoms with Crippen LogP contribution in [0.1, 0.15) is 5.69 Å². The van der Waals surface area contributed by atoms with Crippen molar-refractivity contribution >= 4 is 11.4 Å². The van der Waals surface area contributed by atoms with Crippen molar-refractivity contribution in [2.75, 3.05) is 5.73 Å². The first-order chi connectivity index (χ1) is 8.13. The number of nitrogens with zero attached hydrogens (tertiary/aromatic N) is 3. The predicted octanol–water partition coefficient (Wildman–Crippen LogP) is 1.84. The summed E-state index contributed by atoms with van der Waals surface area (Å²) < 4.78 is 1.61. The summed E-state index contributed by atoms with van der Waals surface area (Å²) in [6.45, 7) is 0. The van der Waals surface area contributed by atoms with E-state index in [0.29, 0.717) is 11.4 Å². The van der Waals surface area contributed by atoms with E-state index in [1.807, 2.05) is 6.07 Å². The van der Waals surface area contributed by atoms with E-state index < -0.39 is 4.92 Å². The average Bonchev–Trinajstić information content (AvgIpc) is 2.76. The second kappa shape index (κ2) is 3.98. The molecule has 84 valence electrons. The van der Waals surface area contributed by atoms with Gasteiger partial charge in [0.1, 0.15) is 17.5 Å². The zero-order chi connectivity index (χ0) is 12.4. The fraction of sp³-hybridized carbons (Fsp3) is 0. The number of nitriles is 1. The van der Waals surface area contributed by atoms with E-state index in [-0.39, 0.29) is 11.4 Å². The van der Waals surface area contributed by atoms with Crippen LogP contribution in [-0.2, 0) is 0 Å². The van der Waals surface area contributed by atoms with E-state index in [2.05, 4.69) is 0 Å². The number of rotatable bonds is 2. The van der Waals surface area contributed by atoms with Gasteiger partial charge in [-0.15, -0.1) is 0 Å². The number of hydrogen-bond acceptors (Lipinski definition) is 4. The van der Waals surface area contributed by atoms with E-state index in [9.17, 15) is 10.1 Å². The monoisotopic (exact) mass is 228 g/mol. The van der Waals surface area contributed by atoms with Gasteiger partial charge in [-0.2, -0.15) is 5.26 Å². The van der Waals surface area contributed by atoms with Gasteiger partial charge >= 0.3 is 0 Å². The zero-order valence-corrected chi connectivity index (χ0v) is 8.70. The molecule has 0 radical (unpaired) electrons. The number of nitrogens with two attached hydrogens (primary N) is 1.